The van der Waals surface area contributed by atoms with Gasteiger partial charge in [0.25, 0.3) is 0 Å². The summed E-state index contributed by atoms with van der Waals surface area (Å²) in [5.74, 6) is 0. The molecule has 0 aliphatic carbocycles. The first kappa shape index (κ1) is 30.2. The zero-order valence-corrected chi connectivity index (χ0v) is 26.9. The van der Waals surface area contributed by atoms with Crippen molar-refractivity contribution in [1.82, 2.24) is 0 Å². The molecule has 40 heavy (non-hydrogen) atoms. The van der Waals surface area contributed by atoms with Crippen molar-refractivity contribution in [3.8, 4) is 11.1 Å². The predicted molar refractivity (Wildman–Crippen MR) is 182 cm³/mol. The molecule has 0 saturated carbocycles. The average molecular weight is 719 g/mol. The first-order chi connectivity index (χ1) is 19.3. The molecule has 200 valence electrons. The molecule has 2 N–H and O–H groups in total. The van der Waals surface area contributed by atoms with E-state index in [1.807, 2.05) is 12.1 Å². The van der Waals surface area contributed by atoms with Crippen LogP contribution in [0.1, 0.15) is 11.1 Å². The van der Waals surface area contributed by atoms with Gasteiger partial charge in [0.15, 0.2) is 0 Å². The number of hydrogen-bond acceptors (Lipinski definition) is 2. The summed E-state index contributed by atoms with van der Waals surface area (Å²) in [7, 11) is -1.39. The SMILES string of the molecule is Cc1ccc2ccccc2c1-c1ccccc1Br.Cc1ccc2ccccc2c1Br.OB(O)c1ccccc1Br. The van der Waals surface area contributed by atoms with E-state index in [1.165, 1.54) is 48.3 Å². The van der Waals surface area contributed by atoms with Crippen molar-refractivity contribution in [2.45, 2.75) is 13.8 Å². The summed E-state index contributed by atoms with van der Waals surface area (Å²) < 4.78 is 3.06. The summed E-state index contributed by atoms with van der Waals surface area (Å²) in [5.41, 5.74) is 5.66. The lowest BCUT2D eigenvalue weighted by Crippen LogP contribution is -2.30. The molecule has 0 aliphatic heterocycles. The Balaban J connectivity index is 0.000000147. The van der Waals surface area contributed by atoms with Crippen LogP contribution in [0, 0.1) is 13.8 Å². The molecule has 0 unspecified atom stereocenters. The minimum absolute atomic E-state index is 0.488. The normalized spacial score (nSPS) is 10.4. The largest absolute Gasteiger partial charge is 0.489 e. The van der Waals surface area contributed by atoms with Gasteiger partial charge in [-0.25, -0.2) is 0 Å². The van der Waals surface area contributed by atoms with Crippen LogP contribution in [0.3, 0.4) is 0 Å². The van der Waals surface area contributed by atoms with Crippen LogP contribution in [0.15, 0.2) is 135 Å². The van der Waals surface area contributed by atoms with Crippen molar-refractivity contribution in [2.24, 2.45) is 0 Å². The van der Waals surface area contributed by atoms with E-state index in [0.29, 0.717) is 9.94 Å². The maximum absolute atomic E-state index is 8.73. The Labute approximate surface area is 261 Å². The first-order valence-electron chi connectivity index (χ1n) is 12.8. The zero-order valence-electron chi connectivity index (χ0n) is 22.2. The quantitative estimate of drug-likeness (QED) is 0.175. The third kappa shape index (κ3) is 7.31. The molecule has 0 bridgehead atoms. The number of aryl methyl sites for hydroxylation is 2. The number of fused-ring (bicyclic) bond motifs is 2. The standard InChI is InChI=1S/C17H13Br.C11H9Br.C6H6BBrO2/c1-12-10-11-13-6-2-3-7-14(13)17(12)15-8-4-5-9-16(15)18;1-8-6-7-9-4-2-3-5-10(9)11(8)12;8-6-4-2-1-3-5(6)7(9)10/h2-11H,1H3;2-7H,1H3;1-4,9-10H. The van der Waals surface area contributed by atoms with E-state index < -0.39 is 7.12 Å². The van der Waals surface area contributed by atoms with Crippen molar-refractivity contribution in [3.05, 3.63) is 146 Å². The van der Waals surface area contributed by atoms with Gasteiger partial charge in [-0.2, -0.15) is 0 Å². The van der Waals surface area contributed by atoms with Crippen molar-refractivity contribution in [2.75, 3.05) is 0 Å². The van der Waals surface area contributed by atoms with Crippen molar-refractivity contribution in [3.63, 3.8) is 0 Å². The minimum Gasteiger partial charge on any atom is -0.423 e. The van der Waals surface area contributed by atoms with Crippen LogP contribution in [-0.2, 0) is 0 Å². The van der Waals surface area contributed by atoms with Crippen molar-refractivity contribution >= 4 is 81.9 Å². The molecule has 6 aromatic carbocycles. The fourth-order valence-electron chi connectivity index (χ4n) is 4.43. The van der Waals surface area contributed by atoms with E-state index >= 15 is 0 Å². The van der Waals surface area contributed by atoms with E-state index in [4.69, 9.17) is 10.0 Å². The second kappa shape index (κ2) is 14.2. The van der Waals surface area contributed by atoms with Gasteiger partial charge in [-0.1, -0.05) is 141 Å². The van der Waals surface area contributed by atoms with Gasteiger partial charge in [0, 0.05) is 13.4 Å². The third-order valence-electron chi connectivity index (χ3n) is 6.52. The number of rotatable bonds is 2. The fraction of sp³-hybridized carbons (Fsp3) is 0.0588. The Morgan fingerprint density at radius 3 is 1.60 bits per heavy atom. The molecule has 0 spiro atoms. The molecule has 2 nitrogen and oxygen atoms in total. The fourth-order valence-corrected chi connectivity index (χ4v) is 5.89. The molecule has 6 heteroatoms. The van der Waals surface area contributed by atoms with Crippen molar-refractivity contribution < 1.29 is 10.0 Å². The lowest BCUT2D eigenvalue weighted by atomic mass is 9.80. The van der Waals surface area contributed by atoms with Crippen LogP contribution in [-0.4, -0.2) is 17.2 Å². The Morgan fingerprint density at radius 1 is 0.500 bits per heavy atom. The van der Waals surface area contributed by atoms with Crippen LogP contribution in [0.5, 0.6) is 0 Å². The minimum atomic E-state index is -1.39. The molecule has 0 saturated heterocycles. The highest BCUT2D eigenvalue weighted by Crippen LogP contribution is 2.36. The lowest BCUT2D eigenvalue weighted by molar-refractivity contribution is 0.425. The first-order valence-corrected chi connectivity index (χ1v) is 15.1. The highest BCUT2D eigenvalue weighted by Gasteiger charge is 2.13. The summed E-state index contributed by atoms with van der Waals surface area (Å²) in [6.07, 6.45) is 0. The smallest absolute Gasteiger partial charge is 0.423 e. The zero-order chi connectivity index (χ0) is 28.6. The van der Waals surface area contributed by atoms with E-state index in [0.717, 1.165) is 4.47 Å². The molecule has 0 heterocycles. The van der Waals surface area contributed by atoms with E-state index in [-0.39, 0.29) is 0 Å². The van der Waals surface area contributed by atoms with Crippen molar-refractivity contribution in [1.29, 1.82) is 0 Å². The molecule has 0 fully saturated rings. The topological polar surface area (TPSA) is 40.5 Å². The van der Waals surface area contributed by atoms with Crippen LogP contribution < -0.4 is 5.46 Å². The molecule has 0 radical (unpaired) electrons. The monoisotopic (exact) mass is 716 g/mol. The van der Waals surface area contributed by atoms with Crippen LogP contribution in [0.2, 0.25) is 0 Å². The lowest BCUT2D eigenvalue weighted by Gasteiger charge is -2.12. The van der Waals surface area contributed by atoms with E-state index in [9.17, 15) is 0 Å². The maximum Gasteiger partial charge on any atom is 0.489 e. The van der Waals surface area contributed by atoms with Gasteiger partial charge in [0.1, 0.15) is 0 Å². The Morgan fingerprint density at radius 2 is 1.00 bits per heavy atom. The average Bonchev–Trinajstić information content (AvgIpc) is 2.97. The third-order valence-corrected chi connectivity index (χ3v) is 8.99. The molecule has 0 aliphatic rings. The molecular formula is C34H28BBr3O2. The second-order valence-corrected chi connectivity index (χ2v) is 11.8. The summed E-state index contributed by atoms with van der Waals surface area (Å²) in [4.78, 5) is 0. The summed E-state index contributed by atoms with van der Waals surface area (Å²) >= 11 is 10.4. The molecule has 0 atom stereocenters. The van der Waals surface area contributed by atoms with Crippen LogP contribution in [0.25, 0.3) is 32.7 Å². The van der Waals surface area contributed by atoms with Gasteiger partial charge in [-0.05, 0) is 91.2 Å². The summed E-state index contributed by atoms with van der Waals surface area (Å²) in [5, 5.41) is 22.6. The molecule has 0 aromatic heterocycles. The number of hydrogen-bond donors (Lipinski definition) is 2. The van der Waals surface area contributed by atoms with Gasteiger partial charge in [-0.15, -0.1) is 0 Å². The molecule has 6 aromatic rings. The van der Waals surface area contributed by atoms with Crippen LogP contribution in [0.4, 0.5) is 0 Å². The highest BCUT2D eigenvalue weighted by atomic mass is 79.9. The highest BCUT2D eigenvalue weighted by molar-refractivity contribution is 9.11. The predicted octanol–water partition coefficient (Wildman–Crippen LogP) is 9.62. The summed E-state index contributed by atoms with van der Waals surface area (Å²) in [6, 6.07) is 40.9. The molecule has 6 rings (SSSR count). The summed E-state index contributed by atoms with van der Waals surface area (Å²) in [6.45, 7) is 4.28. The number of benzene rings is 6. The van der Waals surface area contributed by atoms with Gasteiger partial charge in [-0.3, -0.25) is 0 Å². The Kier molecular flexibility index (Phi) is 10.8. The van der Waals surface area contributed by atoms with Crippen LogP contribution >= 0.6 is 47.8 Å². The maximum atomic E-state index is 8.73. The molecule has 0 amide bonds. The van der Waals surface area contributed by atoms with Gasteiger partial charge < -0.3 is 10.0 Å². The Hall–Kier alpha value is -2.74. The van der Waals surface area contributed by atoms with Gasteiger partial charge in [0.05, 0.1) is 0 Å². The second-order valence-electron chi connectivity index (χ2n) is 9.27. The Bertz CT molecular complexity index is 1750. The van der Waals surface area contributed by atoms with E-state index in [1.54, 1.807) is 18.2 Å². The molecular weight excluding hydrogens is 691 g/mol. The van der Waals surface area contributed by atoms with Gasteiger partial charge >= 0.3 is 7.12 Å². The van der Waals surface area contributed by atoms with E-state index in [2.05, 4.69) is 153 Å². The van der Waals surface area contributed by atoms with Gasteiger partial charge in [0.2, 0.25) is 0 Å². The number of halogens is 3.